The molecule has 32 heavy (non-hydrogen) atoms. The van der Waals surface area contributed by atoms with Crippen molar-refractivity contribution < 1.29 is 8.78 Å². The van der Waals surface area contributed by atoms with E-state index >= 15 is 0 Å². The van der Waals surface area contributed by atoms with E-state index in [9.17, 15) is 14.0 Å². The van der Waals surface area contributed by atoms with Crippen LogP contribution in [0.3, 0.4) is 0 Å². The van der Waals surface area contributed by atoms with Gasteiger partial charge in [-0.05, 0) is 30.2 Å². The van der Waals surface area contributed by atoms with Crippen molar-refractivity contribution in [3.63, 3.8) is 0 Å². The summed E-state index contributed by atoms with van der Waals surface area (Å²) >= 11 is 0. The highest BCUT2D eigenvalue weighted by atomic mass is 19.1. The average Bonchev–Trinajstić information content (AvgIpc) is 3.24. The van der Waals surface area contributed by atoms with Crippen molar-refractivity contribution in [2.75, 3.05) is 31.6 Å². The fraction of sp³-hybridized carbons (Fsp3) is 0.318. The third-order valence-electron chi connectivity index (χ3n) is 5.74. The monoisotopic (exact) mass is 434 g/mol. The zero-order valence-electron chi connectivity index (χ0n) is 17.1. The summed E-state index contributed by atoms with van der Waals surface area (Å²) in [5, 5.41) is 17.2. The Hall–Kier alpha value is -3.71. The van der Waals surface area contributed by atoms with Crippen molar-refractivity contribution in [1.82, 2.24) is 29.5 Å². The second-order valence-corrected chi connectivity index (χ2v) is 7.72. The lowest BCUT2D eigenvalue weighted by Crippen LogP contribution is -2.48. The number of likely N-dealkylation sites (tertiary alicyclic amines) is 1. The van der Waals surface area contributed by atoms with E-state index in [2.05, 4.69) is 31.4 Å². The van der Waals surface area contributed by atoms with E-state index in [0.717, 1.165) is 22.2 Å². The number of hydrogen-bond acceptors (Lipinski definition) is 7. The number of fused-ring (bicyclic) bond motifs is 2. The number of nitrogens with zero attached hydrogens (tertiary/aromatic N) is 7. The lowest BCUT2D eigenvalue weighted by atomic mass is 10.0. The number of anilines is 1. The Morgan fingerprint density at radius 1 is 1.19 bits per heavy atom. The summed E-state index contributed by atoms with van der Waals surface area (Å²) in [5.74, 6) is 0.187. The summed E-state index contributed by atoms with van der Waals surface area (Å²) in [4.78, 5) is 14.7. The molecule has 162 valence electrons. The molecule has 3 aromatic heterocycles. The molecule has 1 aliphatic rings. The van der Waals surface area contributed by atoms with Gasteiger partial charge in [-0.3, -0.25) is 14.9 Å². The molecule has 2 atom stereocenters. The lowest BCUT2D eigenvalue weighted by molar-refractivity contribution is 0.120. The van der Waals surface area contributed by atoms with Gasteiger partial charge in [0.2, 0.25) is 5.95 Å². The van der Waals surface area contributed by atoms with Gasteiger partial charge in [-0.2, -0.15) is 10.2 Å². The van der Waals surface area contributed by atoms with Crippen LogP contribution in [0.15, 0.2) is 42.9 Å². The molecule has 0 amide bonds. The Morgan fingerprint density at radius 2 is 2.03 bits per heavy atom. The summed E-state index contributed by atoms with van der Waals surface area (Å²) in [6.07, 6.45) is 4.33. The van der Waals surface area contributed by atoms with Gasteiger partial charge in [0.1, 0.15) is 24.4 Å². The summed E-state index contributed by atoms with van der Waals surface area (Å²) in [6.45, 7) is 0.498. The van der Waals surface area contributed by atoms with E-state index in [4.69, 9.17) is 0 Å². The van der Waals surface area contributed by atoms with Gasteiger partial charge in [-0.1, -0.05) is 6.07 Å². The third-order valence-corrected chi connectivity index (χ3v) is 5.74. The van der Waals surface area contributed by atoms with Crippen LogP contribution >= 0.6 is 0 Å². The maximum absolute atomic E-state index is 14.6. The Bertz CT molecular complexity index is 1310. The predicted octanol–water partition coefficient (Wildman–Crippen LogP) is 3.00. The zero-order chi connectivity index (χ0) is 22.1. The molecule has 5 rings (SSSR count). The standard InChI is InChI=1S/C22H20F2N8/c23-5-10-31-8-4-17(16(24)13-31)28-22-29-20(12-25)21-15(3-9-32(21)30-22)14-1-2-18-19(11-14)27-7-6-26-18/h1-3,6-7,9,11,16-17H,4-5,8,10,13H2,(H,28,30)/t16-,17?/m0/s1. The van der Waals surface area contributed by atoms with Crippen molar-refractivity contribution in [2.45, 2.75) is 18.6 Å². The number of nitriles is 1. The van der Waals surface area contributed by atoms with Crippen LogP contribution in [0.5, 0.6) is 0 Å². The minimum atomic E-state index is -1.18. The summed E-state index contributed by atoms with van der Waals surface area (Å²) in [6, 6.07) is 9.19. The molecule has 0 aliphatic carbocycles. The zero-order valence-corrected chi connectivity index (χ0v) is 17.1. The molecular formula is C22H20F2N8. The second kappa shape index (κ2) is 8.43. The van der Waals surface area contributed by atoms with Crippen molar-refractivity contribution >= 4 is 22.5 Å². The molecule has 0 radical (unpaired) electrons. The molecular weight excluding hydrogens is 414 g/mol. The van der Waals surface area contributed by atoms with Gasteiger partial charge in [-0.15, -0.1) is 5.10 Å². The minimum Gasteiger partial charge on any atom is -0.347 e. The molecule has 1 N–H and O–H groups in total. The molecule has 10 heteroatoms. The highest BCUT2D eigenvalue weighted by molar-refractivity contribution is 5.89. The molecule has 1 saturated heterocycles. The number of nitrogens with one attached hydrogen (secondary N) is 1. The molecule has 1 unspecified atom stereocenters. The highest BCUT2D eigenvalue weighted by Crippen LogP contribution is 2.29. The van der Waals surface area contributed by atoms with E-state index in [1.807, 2.05) is 24.3 Å². The van der Waals surface area contributed by atoms with E-state index < -0.39 is 18.9 Å². The fourth-order valence-electron chi connectivity index (χ4n) is 4.15. The van der Waals surface area contributed by atoms with Crippen LogP contribution in [0.4, 0.5) is 14.7 Å². The first-order chi connectivity index (χ1) is 15.7. The quantitative estimate of drug-likeness (QED) is 0.516. The SMILES string of the molecule is N#Cc1nc(NC2CCN(CCF)C[C@@H]2F)nn2ccc(-c3ccc4nccnc4c3)c12. The second-order valence-electron chi connectivity index (χ2n) is 7.72. The van der Waals surface area contributed by atoms with Crippen LogP contribution in [0.25, 0.3) is 27.7 Å². The Morgan fingerprint density at radius 3 is 2.81 bits per heavy atom. The van der Waals surface area contributed by atoms with Gasteiger partial charge in [0, 0.05) is 43.8 Å². The Labute approximate surface area is 182 Å². The molecule has 4 heterocycles. The molecule has 1 aliphatic heterocycles. The largest absolute Gasteiger partial charge is 0.347 e. The smallest absolute Gasteiger partial charge is 0.242 e. The number of alkyl halides is 2. The Kier molecular flexibility index (Phi) is 5.33. The van der Waals surface area contributed by atoms with Crippen LogP contribution in [0, 0.1) is 11.3 Å². The molecule has 1 fully saturated rings. The van der Waals surface area contributed by atoms with Gasteiger partial charge in [0.05, 0.1) is 17.1 Å². The minimum absolute atomic E-state index is 0.160. The predicted molar refractivity (Wildman–Crippen MR) is 116 cm³/mol. The molecule has 0 spiro atoms. The summed E-state index contributed by atoms with van der Waals surface area (Å²) in [7, 11) is 0. The molecule has 0 saturated carbocycles. The topological polar surface area (TPSA) is 95.0 Å². The normalized spacial score (nSPS) is 19.3. The van der Waals surface area contributed by atoms with Gasteiger partial charge in [0.25, 0.3) is 0 Å². The number of rotatable bonds is 5. The van der Waals surface area contributed by atoms with Gasteiger partial charge in [0.15, 0.2) is 5.69 Å². The fourth-order valence-corrected chi connectivity index (χ4v) is 4.15. The van der Waals surface area contributed by atoms with Crippen molar-refractivity contribution in [3.8, 4) is 17.2 Å². The number of hydrogen-bond donors (Lipinski definition) is 1. The molecule has 1 aromatic carbocycles. The molecule has 4 aromatic rings. The van der Waals surface area contributed by atoms with E-state index in [1.54, 1.807) is 28.0 Å². The highest BCUT2D eigenvalue weighted by Gasteiger charge is 2.30. The van der Waals surface area contributed by atoms with Crippen LogP contribution < -0.4 is 5.32 Å². The van der Waals surface area contributed by atoms with Crippen molar-refractivity contribution in [3.05, 3.63) is 48.5 Å². The van der Waals surface area contributed by atoms with Gasteiger partial charge >= 0.3 is 0 Å². The number of halogens is 2. The molecule has 0 bridgehead atoms. The number of piperidine rings is 1. The maximum atomic E-state index is 14.6. The van der Waals surface area contributed by atoms with Crippen LogP contribution in [0.1, 0.15) is 12.1 Å². The molecule has 8 nitrogen and oxygen atoms in total. The van der Waals surface area contributed by atoms with Gasteiger partial charge in [-0.25, -0.2) is 13.3 Å². The summed E-state index contributed by atoms with van der Waals surface area (Å²) < 4.78 is 28.7. The number of benzene rings is 1. The summed E-state index contributed by atoms with van der Waals surface area (Å²) in [5.41, 5.74) is 3.94. The van der Waals surface area contributed by atoms with Crippen LogP contribution in [-0.4, -0.2) is 68.0 Å². The third kappa shape index (κ3) is 3.71. The first-order valence-corrected chi connectivity index (χ1v) is 10.4. The van der Waals surface area contributed by atoms with E-state index in [0.29, 0.717) is 18.5 Å². The van der Waals surface area contributed by atoms with Crippen molar-refractivity contribution in [2.24, 2.45) is 0 Å². The number of aromatic nitrogens is 5. The average molecular weight is 434 g/mol. The van der Waals surface area contributed by atoms with Crippen molar-refractivity contribution in [1.29, 1.82) is 5.26 Å². The first-order valence-electron chi connectivity index (χ1n) is 10.4. The van der Waals surface area contributed by atoms with E-state index in [1.165, 1.54) is 0 Å². The van der Waals surface area contributed by atoms with E-state index in [-0.39, 0.29) is 24.7 Å². The van der Waals surface area contributed by atoms with Crippen LogP contribution in [0.2, 0.25) is 0 Å². The van der Waals surface area contributed by atoms with Gasteiger partial charge < -0.3 is 5.32 Å². The first kappa shape index (κ1) is 20.2. The lowest BCUT2D eigenvalue weighted by Gasteiger charge is -2.34. The van der Waals surface area contributed by atoms with Crippen LogP contribution in [-0.2, 0) is 0 Å². The Balaban J connectivity index is 1.46. The maximum Gasteiger partial charge on any atom is 0.242 e.